The third-order valence-electron chi connectivity index (χ3n) is 4.53. The zero-order chi connectivity index (χ0) is 18.5. The van der Waals surface area contributed by atoms with E-state index in [9.17, 15) is 9.59 Å². The van der Waals surface area contributed by atoms with Crippen molar-refractivity contribution in [1.29, 1.82) is 0 Å². The number of benzene rings is 2. The standard InChI is InChI=1S/C20H21ClN2O2S/c1-26-18-10-8-17(9-11-18)22-19(24)15-3-2-12-23(13-15)20(25)14-4-6-16(21)7-5-14/h4-11,15H,2-3,12-13H2,1H3,(H,22,24)/t15-/m0/s1. The van der Waals surface area contributed by atoms with Crippen LogP contribution in [0.2, 0.25) is 5.02 Å². The predicted molar refractivity (Wildman–Crippen MR) is 107 cm³/mol. The number of anilines is 1. The maximum atomic E-state index is 12.7. The normalized spacial score (nSPS) is 17.0. The van der Waals surface area contributed by atoms with Gasteiger partial charge in [-0.1, -0.05) is 11.6 Å². The van der Waals surface area contributed by atoms with Gasteiger partial charge in [0.2, 0.25) is 5.91 Å². The number of halogens is 1. The monoisotopic (exact) mass is 388 g/mol. The lowest BCUT2D eigenvalue weighted by Crippen LogP contribution is -2.43. The molecule has 1 aliphatic heterocycles. The van der Waals surface area contributed by atoms with Crippen molar-refractivity contribution in [2.24, 2.45) is 5.92 Å². The van der Waals surface area contributed by atoms with Crippen LogP contribution < -0.4 is 5.32 Å². The van der Waals surface area contributed by atoms with Crippen LogP contribution in [0.1, 0.15) is 23.2 Å². The van der Waals surface area contributed by atoms with Crippen LogP contribution in [0.3, 0.4) is 0 Å². The van der Waals surface area contributed by atoms with Crippen molar-refractivity contribution in [2.75, 3.05) is 24.7 Å². The number of likely N-dealkylation sites (tertiary alicyclic amines) is 1. The first-order chi connectivity index (χ1) is 12.6. The minimum Gasteiger partial charge on any atom is -0.338 e. The molecule has 1 heterocycles. The Balaban J connectivity index is 1.62. The van der Waals surface area contributed by atoms with Gasteiger partial charge in [-0.2, -0.15) is 0 Å². The van der Waals surface area contributed by atoms with E-state index >= 15 is 0 Å². The number of nitrogens with one attached hydrogen (secondary N) is 1. The maximum Gasteiger partial charge on any atom is 0.253 e. The highest BCUT2D eigenvalue weighted by molar-refractivity contribution is 7.98. The number of amides is 2. The van der Waals surface area contributed by atoms with Gasteiger partial charge in [0.1, 0.15) is 0 Å². The number of hydrogen-bond acceptors (Lipinski definition) is 3. The Bertz CT molecular complexity index is 777. The van der Waals surface area contributed by atoms with Gasteiger partial charge in [-0.25, -0.2) is 0 Å². The Morgan fingerprint density at radius 3 is 2.46 bits per heavy atom. The molecule has 4 nitrogen and oxygen atoms in total. The van der Waals surface area contributed by atoms with Crippen molar-refractivity contribution in [2.45, 2.75) is 17.7 Å². The van der Waals surface area contributed by atoms with E-state index in [-0.39, 0.29) is 17.7 Å². The lowest BCUT2D eigenvalue weighted by atomic mass is 9.96. The fraction of sp³-hybridized carbons (Fsp3) is 0.300. The molecule has 0 saturated carbocycles. The Labute approximate surface area is 162 Å². The van der Waals surface area contributed by atoms with E-state index in [1.165, 1.54) is 0 Å². The highest BCUT2D eigenvalue weighted by Gasteiger charge is 2.29. The van der Waals surface area contributed by atoms with Crippen LogP contribution in [-0.4, -0.2) is 36.1 Å². The number of carbonyl (C=O) groups is 2. The van der Waals surface area contributed by atoms with E-state index < -0.39 is 0 Å². The second-order valence-corrected chi connectivity index (χ2v) is 7.63. The van der Waals surface area contributed by atoms with Crippen LogP contribution >= 0.6 is 23.4 Å². The molecule has 2 aromatic rings. The molecule has 0 radical (unpaired) electrons. The highest BCUT2D eigenvalue weighted by Crippen LogP contribution is 2.22. The summed E-state index contributed by atoms with van der Waals surface area (Å²) in [5.41, 5.74) is 1.39. The van der Waals surface area contributed by atoms with Crippen LogP contribution in [0.4, 0.5) is 5.69 Å². The fourth-order valence-electron chi connectivity index (χ4n) is 3.07. The summed E-state index contributed by atoms with van der Waals surface area (Å²) in [5, 5.41) is 3.57. The molecule has 0 aromatic heterocycles. The average molecular weight is 389 g/mol. The summed E-state index contributed by atoms with van der Waals surface area (Å²) in [5.74, 6) is -0.278. The van der Waals surface area contributed by atoms with E-state index in [2.05, 4.69) is 5.32 Å². The second-order valence-electron chi connectivity index (χ2n) is 6.31. The maximum absolute atomic E-state index is 12.7. The Morgan fingerprint density at radius 2 is 1.81 bits per heavy atom. The van der Waals surface area contributed by atoms with Gasteiger partial charge in [0.05, 0.1) is 5.92 Å². The minimum absolute atomic E-state index is 0.0319. The topological polar surface area (TPSA) is 49.4 Å². The number of thioether (sulfide) groups is 1. The number of piperidine rings is 1. The summed E-state index contributed by atoms with van der Waals surface area (Å²) in [4.78, 5) is 28.2. The van der Waals surface area contributed by atoms with Crippen LogP contribution in [-0.2, 0) is 4.79 Å². The molecule has 2 aromatic carbocycles. The van der Waals surface area contributed by atoms with Crippen molar-refractivity contribution in [1.82, 2.24) is 4.90 Å². The zero-order valence-electron chi connectivity index (χ0n) is 14.6. The molecule has 6 heteroatoms. The smallest absolute Gasteiger partial charge is 0.253 e. The lowest BCUT2D eigenvalue weighted by Gasteiger charge is -2.32. The molecule has 0 bridgehead atoms. The summed E-state index contributed by atoms with van der Waals surface area (Å²) >= 11 is 7.55. The summed E-state index contributed by atoms with van der Waals surface area (Å²) in [6.45, 7) is 1.11. The van der Waals surface area contributed by atoms with E-state index in [1.54, 1.807) is 40.9 Å². The Morgan fingerprint density at radius 1 is 1.12 bits per heavy atom. The molecule has 2 amide bonds. The summed E-state index contributed by atoms with van der Waals surface area (Å²) in [6.07, 6.45) is 3.63. The van der Waals surface area contributed by atoms with Gasteiger partial charge >= 0.3 is 0 Å². The molecule has 26 heavy (non-hydrogen) atoms. The molecule has 136 valence electrons. The molecule has 1 aliphatic rings. The molecular formula is C20H21ClN2O2S. The van der Waals surface area contributed by atoms with Gasteiger partial charge in [0, 0.05) is 34.3 Å². The van der Waals surface area contributed by atoms with Crippen LogP contribution in [0.25, 0.3) is 0 Å². The van der Waals surface area contributed by atoms with Crippen molar-refractivity contribution < 1.29 is 9.59 Å². The molecule has 1 atom stereocenters. The first kappa shape index (κ1) is 18.8. The van der Waals surface area contributed by atoms with Crippen molar-refractivity contribution >= 4 is 40.9 Å². The van der Waals surface area contributed by atoms with Crippen molar-refractivity contribution in [3.8, 4) is 0 Å². The number of hydrogen-bond donors (Lipinski definition) is 1. The fourth-order valence-corrected chi connectivity index (χ4v) is 3.60. The minimum atomic E-state index is -0.194. The van der Waals surface area contributed by atoms with Gasteiger partial charge in [-0.15, -0.1) is 11.8 Å². The molecule has 1 N–H and O–H groups in total. The first-order valence-electron chi connectivity index (χ1n) is 8.56. The molecular weight excluding hydrogens is 368 g/mol. The molecule has 1 fully saturated rings. The zero-order valence-corrected chi connectivity index (χ0v) is 16.1. The third kappa shape index (κ3) is 4.59. The Hall–Kier alpha value is -1.98. The van der Waals surface area contributed by atoms with E-state index in [0.29, 0.717) is 23.7 Å². The van der Waals surface area contributed by atoms with E-state index in [1.807, 2.05) is 30.5 Å². The van der Waals surface area contributed by atoms with Crippen LogP contribution in [0.5, 0.6) is 0 Å². The van der Waals surface area contributed by atoms with Gasteiger partial charge < -0.3 is 10.2 Å². The second kappa shape index (κ2) is 8.60. The van der Waals surface area contributed by atoms with Gasteiger partial charge in [0.15, 0.2) is 0 Å². The van der Waals surface area contributed by atoms with Gasteiger partial charge in [0.25, 0.3) is 5.91 Å². The van der Waals surface area contributed by atoms with E-state index in [4.69, 9.17) is 11.6 Å². The summed E-state index contributed by atoms with van der Waals surface area (Å²) in [7, 11) is 0. The third-order valence-corrected chi connectivity index (χ3v) is 5.52. The molecule has 0 aliphatic carbocycles. The van der Waals surface area contributed by atoms with Gasteiger partial charge in [-0.3, -0.25) is 9.59 Å². The predicted octanol–water partition coefficient (Wildman–Crippen LogP) is 4.55. The quantitative estimate of drug-likeness (QED) is 0.781. The van der Waals surface area contributed by atoms with Crippen LogP contribution in [0.15, 0.2) is 53.4 Å². The van der Waals surface area contributed by atoms with Crippen LogP contribution in [0, 0.1) is 5.92 Å². The van der Waals surface area contributed by atoms with Crippen molar-refractivity contribution in [3.63, 3.8) is 0 Å². The summed E-state index contributed by atoms with van der Waals surface area (Å²) < 4.78 is 0. The number of nitrogens with zero attached hydrogens (tertiary/aromatic N) is 1. The molecule has 0 unspecified atom stereocenters. The summed E-state index contributed by atoms with van der Waals surface area (Å²) in [6, 6.07) is 14.6. The molecule has 3 rings (SSSR count). The first-order valence-corrected chi connectivity index (χ1v) is 10.2. The number of rotatable bonds is 4. The van der Waals surface area contributed by atoms with Crippen molar-refractivity contribution in [3.05, 3.63) is 59.1 Å². The lowest BCUT2D eigenvalue weighted by molar-refractivity contribution is -0.121. The molecule has 0 spiro atoms. The number of carbonyl (C=O) groups excluding carboxylic acids is 2. The SMILES string of the molecule is CSc1ccc(NC(=O)[C@H]2CCCN(C(=O)c3ccc(Cl)cc3)C2)cc1. The molecule has 1 saturated heterocycles. The van der Waals surface area contributed by atoms with Gasteiger partial charge in [-0.05, 0) is 67.6 Å². The van der Waals surface area contributed by atoms with E-state index in [0.717, 1.165) is 23.4 Å². The highest BCUT2D eigenvalue weighted by atomic mass is 35.5. The average Bonchev–Trinajstić information content (AvgIpc) is 2.68. The Kier molecular flexibility index (Phi) is 6.22. The largest absolute Gasteiger partial charge is 0.338 e.